The van der Waals surface area contributed by atoms with E-state index in [1.165, 1.54) is 36.0 Å². The highest BCUT2D eigenvalue weighted by atomic mass is 32.2. The highest BCUT2D eigenvalue weighted by molar-refractivity contribution is 7.98. The second-order valence-electron chi connectivity index (χ2n) is 5.43. The Balaban J connectivity index is 1.84. The summed E-state index contributed by atoms with van der Waals surface area (Å²) in [6.45, 7) is 2.37. The fraction of sp³-hybridized carbons (Fsp3) is 0.278. The Kier molecular flexibility index (Phi) is 7.62. The van der Waals surface area contributed by atoms with Gasteiger partial charge in [-0.3, -0.25) is 4.79 Å². The summed E-state index contributed by atoms with van der Waals surface area (Å²) in [6, 6.07) is 12.5. The third-order valence-corrected chi connectivity index (χ3v) is 6.04. The van der Waals surface area contributed by atoms with Gasteiger partial charge in [-0.15, -0.1) is 0 Å². The van der Waals surface area contributed by atoms with Crippen molar-refractivity contribution in [3.8, 4) is 0 Å². The van der Waals surface area contributed by atoms with Crippen molar-refractivity contribution >= 4 is 27.7 Å². The van der Waals surface area contributed by atoms with Gasteiger partial charge in [0, 0.05) is 30.2 Å². The van der Waals surface area contributed by atoms with Gasteiger partial charge in [-0.25, -0.2) is 17.5 Å². The zero-order valence-electron chi connectivity index (χ0n) is 14.4. The Labute approximate surface area is 157 Å². The van der Waals surface area contributed by atoms with Gasteiger partial charge < -0.3 is 5.32 Å². The summed E-state index contributed by atoms with van der Waals surface area (Å²) < 4.78 is 39.9. The van der Waals surface area contributed by atoms with E-state index in [4.69, 9.17) is 0 Å². The lowest BCUT2D eigenvalue weighted by Crippen LogP contribution is -2.27. The van der Waals surface area contributed by atoms with E-state index in [-0.39, 0.29) is 28.7 Å². The molecule has 2 aromatic rings. The highest BCUT2D eigenvalue weighted by Crippen LogP contribution is 2.15. The topological polar surface area (TPSA) is 75.3 Å². The zero-order chi connectivity index (χ0) is 19.0. The number of sulfonamides is 1. The molecular weight excluding hydrogens is 375 g/mol. The van der Waals surface area contributed by atoms with Gasteiger partial charge >= 0.3 is 0 Å². The summed E-state index contributed by atoms with van der Waals surface area (Å²) in [5.74, 6) is 0.571. The Morgan fingerprint density at radius 3 is 2.65 bits per heavy atom. The summed E-state index contributed by atoms with van der Waals surface area (Å²) in [4.78, 5) is 12.2. The molecule has 0 bridgehead atoms. The monoisotopic (exact) mass is 396 g/mol. The second-order valence-corrected chi connectivity index (χ2v) is 8.30. The van der Waals surface area contributed by atoms with Crippen LogP contribution in [0.3, 0.4) is 0 Å². The van der Waals surface area contributed by atoms with Crippen LogP contribution in [-0.4, -0.2) is 33.2 Å². The number of amides is 1. The first-order valence-corrected chi connectivity index (χ1v) is 10.8. The van der Waals surface area contributed by atoms with Crippen LogP contribution in [-0.2, 0) is 15.8 Å². The van der Waals surface area contributed by atoms with Gasteiger partial charge in [0.25, 0.3) is 5.91 Å². The van der Waals surface area contributed by atoms with Crippen molar-refractivity contribution in [2.45, 2.75) is 17.6 Å². The molecule has 0 heterocycles. The predicted octanol–water partition coefficient (Wildman–Crippen LogP) is 2.79. The number of halogens is 1. The average Bonchev–Trinajstić information content (AvgIpc) is 2.63. The van der Waals surface area contributed by atoms with Crippen molar-refractivity contribution in [1.82, 2.24) is 10.0 Å². The number of benzene rings is 2. The summed E-state index contributed by atoms with van der Waals surface area (Å²) in [5.41, 5.74) is 0.910. The molecular formula is C18H21FN2O3S2. The number of carbonyl (C=O) groups excluding carboxylic acids is 1. The molecule has 5 nitrogen and oxygen atoms in total. The number of hydrogen-bond donors (Lipinski definition) is 2. The molecule has 0 saturated carbocycles. The summed E-state index contributed by atoms with van der Waals surface area (Å²) >= 11 is 1.51. The van der Waals surface area contributed by atoms with E-state index in [2.05, 4.69) is 10.0 Å². The van der Waals surface area contributed by atoms with Gasteiger partial charge in [-0.2, -0.15) is 11.8 Å². The molecule has 0 aliphatic heterocycles. The van der Waals surface area contributed by atoms with E-state index in [1.54, 1.807) is 31.2 Å². The van der Waals surface area contributed by atoms with E-state index in [0.29, 0.717) is 23.6 Å². The fourth-order valence-electron chi connectivity index (χ4n) is 2.21. The van der Waals surface area contributed by atoms with Gasteiger partial charge in [0.05, 0.1) is 4.90 Å². The first kappa shape index (κ1) is 20.4. The summed E-state index contributed by atoms with van der Waals surface area (Å²) in [6.07, 6.45) is 0. The number of thioether (sulfide) groups is 1. The molecule has 0 spiro atoms. The summed E-state index contributed by atoms with van der Waals surface area (Å²) in [7, 11) is -3.60. The smallest absolute Gasteiger partial charge is 0.251 e. The molecule has 140 valence electrons. The lowest BCUT2D eigenvalue weighted by Gasteiger charge is -2.08. The van der Waals surface area contributed by atoms with Crippen LogP contribution in [0.25, 0.3) is 0 Å². The van der Waals surface area contributed by atoms with Crippen molar-refractivity contribution in [2.75, 3.05) is 18.8 Å². The second kappa shape index (κ2) is 9.70. The molecule has 26 heavy (non-hydrogen) atoms. The van der Waals surface area contributed by atoms with Crippen molar-refractivity contribution < 1.29 is 17.6 Å². The Morgan fingerprint density at radius 2 is 1.92 bits per heavy atom. The van der Waals surface area contributed by atoms with E-state index in [0.717, 1.165) is 0 Å². The van der Waals surface area contributed by atoms with Crippen LogP contribution in [0.2, 0.25) is 0 Å². The Bertz CT molecular complexity index is 857. The largest absolute Gasteiger partial charge is 0.351 e. The molecule has 2 rings (SSSR count). The van der Waals surface area contributed by atoms with Gasteiger partial charge in [-0.05, 0) is 29.8 Å². The molecule has 0 fully saturated rings. The minimum Gasteiger partial charge on any atom is -0.351 e. The number of nitrogens with one attached hydrogen (secondary N) is 2. The third-order valence-electron chi connectivity index (χ3n) is 3.49. The molecule has 0 radical (unpaired) electrons. The van der Waals surface area contributed by atoms with Crippen LogP contribution in [0.1, 0.15) is 22.8 Å². The molecule has 0 atom stereocenters. The maximum atomic E-state index is 13.5. The van der Waals surface area contributed by atoms with Crippen molar-refractivity contribution in [3.63, 3.8) is 0 Å². The van der Waals surface area contributed by atoms with Crippen LogP contribution in [0, 0.1) is 5.82 Å². The third kappa shape index (κ3) is 5.82. The van der Waals surface area contributed by atoms with Crippen molar-refractivity contribution in [2.24, 2.45) is 0 Å². The van der Waals surface area contributed by atoms with Crippen LogP contribution >= 0.6 is 11.8 Å². The highest BCUT2D eigenvalue weighted by Gasteiger charge is 2.15. The molecule has 0 aliphatic carbocycles. The Hall–Kier alpha value is -1.90. The molecule has 2 aromatic carbocycles. The average molecular weight is 397 g/mol. The standard InChI is InChI=1S/C18H21FN2O3S2/c1-2-21-26(23,24)16-8-5-7-14(12-16)18(22)20-10-11-25-13-15-6-3-4-9-17(15)19/h3-9,12,21H,2,10-11,13H2,1H3,(H,20,22). The molecule has 0 unspecified atom stereocenters. The SMILES string of the molecule is CCNS(=O)(=O)c1cccc(C(=O)NCCSCc2ccccc2F)c1. The lowest BCUT2D eigenvalue weighted by molar-refractivity contribution is 0.0956. The first-order valence-electron chi connectivity index (χ1n) is 8.13. The minimum atomic E-state index is -3.60. The van der Waals surface area contributed by atoms with Gasteiger partial charge in [0.2, 0.25) is 10.0 Å². The summed E-state index contributed by atoms with van der Waals surface area (Å²) in [5, 5.41) is 2.74. The van der Waals surface area contributed by atoms with Gasteiger partial charge in [-0.1, -0.05) is 31.2 Å². The van der Waals surface area contributed by atoms with E-state index >= 15 is 0 Å². The number of rotatable bonds is 9. The maximum absolute atomic E-state index is 13.5. The molecule has 0 aromatic heterocycles. The molecule has 2 N–H and O–H groups in total. The van der Waals surface area contributed by atoms with Crippen LogP contribution in [0.5, 0.6) is 0 Å². The normalized spacial score (nSPS) is 11.3. The van der Waals surface area contributed by atoms with Gasteiger partial charge in [0.15, 0.2) is 0 Å². The van der Waals surface area contributed by atoms with Crippen molar-refractivity contribution in [1.29, 1.82) is 0 Å². The van der Waals surface area contributed by atoms with E-state index in [9.17, 15) is 17.6 Å². The van der Waals surface area contributed by atoms with Crippen molar-refractivity contribution in [3.05, 3.63) is 65.5 Å². The van der Waals surface area contributed by atoms with E-state index in [1.807, 2.05) is 0 Å². The van der Waals surface area contributed by atoms with Gasteiger partial charge in [0.1, 0.15) is 5.82 Å². The van der Waals surface area contributed by atoms with Crippen LogP contribution in [0.4, 0.5) is 4.39 Å². The first-order chi connectivity index (χ1) is 12.4. The molecule has 1 amide bonds. The number of carbonyl (C=O) groups is 1. The molecule has 8 heteroatoms. The minimum absolute atomic E-state index is 0.0564. The lowest BCUT2D eigenvalue weighted by atomic mass is 10.2. The number of hydrogen-bond acceptors (Lipinski definition) is 4. The maximum Gasteiger partial charge on any atom is 0.251 e. The quantitative estimate of drug-likeness (QED) is 0.639. The van der Waals surface area contributed by atoms with Crippen LogP contribution in [0.15, 0.2) is 53.4 Å². The predicted molar refractivity (Wildman–Crippen MR) is 102 cm³/mol. The molecule has 0 aliphatic rings. The van der Waals surface area contributed by atoms with Crippen LogP contribution < -0.4 is 10.0 Å². The molecule has 0 saturated heterocycles. The van der Waals surface area contributed by atoms with E-state index < -0.39 is 10.0 Å². The zero-order valence-corrected chi connectivity index (χ0v) is 16.0. The Morgan fingerprint density at radius 1 is 1.15 bits per heavy atom. The fourth-order valence-corrected chi connectivity index (χ4v) is 4.15.